The molecule has 4 bridgehead atoms. The molecule has 1 aromatic rings. The predicted molar refractivity (Wildman–Crippen MR) is 123 cm³/mol. The summed E-state index contributed by atoms with van der Waals surface area (Å²) in [6.07, 6.45) is 14.1. The van der Waals surface area contributed by atoms with Gasteiger partial charge in [0.15, 0.2) is 0 Å². The zero-order valence-electron chi connectivity index (χ0n) is 18.2. The van der Waals surface area contributed by atoms with Crippen molar-refractivity contribution in [3.63, 3.8) is 0 Å². The lowest BCUT2D eigenvalue weighted by atomic mass is 9.48. The van der Waals surface area contributed by atoms with Gasteiger partial charge in [0.05, 0.1) is 0 Å². The summed E-state index contributed by atoms with van der Waals surface area (Å²) in [5.74, 6) is 3.67. The van der Waals surface area contributed by atoms with Crippen molar-refractivity contribution in [1.82, 2.24) is 0 Å². The van der Waals surface area contributed by atoms with Crippen LogP contribution in [-0.4, -0.2) is 17.6 Å². The van der Waals surface area contributed by atoms with E-state index < -0.39 is 0 Å². The van der Waals surface area contributed by atoms with Crippen LogP contribution in [0.2, 0.25) is 0 Å². The van der Waals surface area contributed by atoms with Crippen LogP contribution >= 0.6 is 0 Å². The van der Waals surface area contributed by atoms with Crippen LogP contribution in [0.5, 0.6) is 0 Å². The Morgan fingerprint density at radius 1 is 0.933 bits per heavy atom. The Kier molecular flexibility index (Phi) is 4.04. The number of nitrogens with two attached hydrogens (primary N) is 2. The zero-order chi connectivity index (χ0) is 20.5. The lowest BCUT2D eigenvalue weighted by molar-refractivity contribution is -0.00518. The van der Waals surface area contributed by atoms with Gasteiger partial charge in [0.2, 0.25) is 11.9 Å². The summed E-state index contributed by atoms with van der Waals surface area (Å²) in [6, 6.07) is 7.18. The minimum Gasteiger partial charge on any atom is -0.369 e. The van der Waals surface area contributed by atoms with Crippen molar-refractivity contribution in [2.24, 2.45) is 39.2 Å². The number of nitrogens with zero attached hydrogens (tertiary/aromatic N) is 3. The third-order valence-electron chi connectivity index (χ3n) is 8.95. The van der Waals surface area contributed by atoms with E-state index >= 15 is 0 Å². The standard InChI is InChI=1S/C25H35N5/c1-16-5-6-20(24-13-17-9-18(14-24)11-19(10-17)15-24)12-21(16)30-23(27)28-22(26)29-25(30)7-3-2-4-8-25/h5-6,12,17-19H,2-4,7-11,13-15H2,1H3,(H4,26,27,28,29). The molecular weight excluding hydrogens is 370 g/mol. The van der Waals surface area contributed by atoms with Crippen LogP contribution < -0.4 is 16.4 Å². The maximum atomic E-state index is 6.55. The Bertz CT molecular complexity index is 888. The highest BCUT2D eigenvalue weighted by molar-refractivity contribution is 6.06. The normalized spacial score (nSPS) is 36.7. The topological polar surface area (TPSA) is 80.0 Å². The number of anilines is 1. The lowest BCUT2D eigenvalue weighted by Gasteiger charge is -2.57. The molecule has 1 heterocycles. The number of rotatable bonds is 2. The van der Waals surface area contributed by atoms with Crippen LogP contribution in [0.25, 0.3) is 0 Å². The fourth-order valence-electron chi connectivity index (χ4n) is 8.11. The summed E-state index contributed by atoms with van der Waals surface area (Å²) in [5, 5.41) is 0. The van der Waals surface area contributed by atoms with E-state index in [1.165, 1.54) is 61.8 Å². The molecule has 0 amide bonds. The molecule has 5 fully saturated rings. The highest BCUT2D eigenvalue weighted by Crippen LogP contribution is 2.61. The Morgan fingerprint density at radius 3 is 2.20 bits per heavy atom. The third-order valence-corrected chi connectivity index (χ3v) is 8.95. The number of aliphatic imine (C=N–C) groups is 2. The highest BCUT2D eigenvalue weighted by atomic mass is 15.4. The number of hydrogen-bond acceptors (Lipinski definition) is 5. The molecule has 5 aliphatic carbocycles. The molecule has 0 aromatic heterocycles. The van der Waals surface area contributed by atoms with Gasteiger partial charge in [-0.05, 0) is 111 Å². The first-order chi connectivity index (χ1) is 14.5. The third kappa shape index (κ3) is 2.73. The molecule has 5 saturated carbocycles. The number of benzene rings is 1. The van der Waals surface area contributed by atoms with Crippen molar-refractivity contribution in [3.8, 4) is 0 Å². The molecule has 0 unspecified atom stereocenters. The summed E-state index contributed by atoms with van der Waals surface area (Å²) >= 11 is 0. The average molecular weight is 406 g/mol. The fourth-order valence-corrected chi connectivity index (χ4v) is 8.11. The van der Waals surface area contributed by atoms with E-state index in [1.807, 2.05) is 0 Å². The number of aryl methyl sites for hydroxylation is 1. The van der Waals surface area contributed by atoms with Crippen molar-refractivity contribution in [1.29, 1.82) is 0 Å². The summed E-state index contributed by atoms with van der Waals surface area (Å²) in [4.78, 5) is 11.5. The lowest BCUT2D eigenvalue weighted by Crippen LogP contribution is -2.58. The van der Waals surface area contributed by atoms with Crippen LogP contribution in [0, 0.1) is 24.7 Å². The molecular formula is C25H35N5. The van der Waals surface area contributed by atoms with Gasteiger partial charge in [-0.25, -0.2) is 4.99 Å². The van der Waals surface area contributed by atoms with Gasteiger partial charge in [0, 0.05) is 5.69 Å². The number of guanidine groups is 2. The monoisotopic (exact) mass is 405 g/mol. The van der Waals surface area contributed by atoms with Crippen molar-refractivity contribution in [3.05, 3.63) is 29.3 Å². The minimum atomic E-state index is -0.362. The van der Waals surface area contributed by atoms with Gasteiger partial charge in [-0.3, -0.25) is 4.90 Å². The molecule has 1 spiro atoms. The van der Waals surface area contributed by atoms with E-state index in [4.69, 9.17) is 16.5 Å². The van der Waals surface area contributed by atoms with E-state index in [0.29, 0.717) is 17.3 Å². The first kappa shape index (κ1) is 18.7. The minimum absolute atomic E-state index is 0.334. The van der Waals surface area contributed by atoms with E-state index in [9.17, 15) is 0 Å². The SMILES string of the molecule is Cc1ccc(C23CC4CC(CC(C4)C2)C3)cc1N1C(N)=NC(N)=NC12CCCCC2. The van der Waals surface area contributed by atoms with Crippen LogP contribution in [0.15, 0.2) is 28.2 Å². The van der Waals surface area contributed by atoms with E-state index in [1.54, 1.807) is 0 Å². The van der Waals surface area contributed by atoms with Gasteiger partial charge in [-0.15, -0.1) is 0 Å². The molecule has 5 nitrogen and oxygen atoms in total. The van der Waals surface area contributed by atoms with E-state index in [2.05, 4.69) is 35.0 Å². The van der Waals surface area contributed by atoms with Gasteiger partial charge >= 0.3 is 0 Å². The van der Waals surface area contributed by atoms with Crippen LogP contribution in [0.3, 0.4) is 0 Å². The maximum Gasteiger partial charge on any atom is 0.220 e. The van der Waals surface area contributed by atoms with Crippen molar-refractivity contribution < 1.29 is 0 Å². The second-order valence-corrected chi connectivity index (χ2v) is 11.0. The summed E-state index contributed by atoms with van der Waals surface area (Å²) < 4.78 is 0. The van der Waals surface area contributed by atoms with Crippen LogP contribution in [0.4, 0.5) is 5.69 Å². The van der Waals surface area contributed by atoms with Crippen molar-refractivity contribution in [2.75, 3.05) is 4.90 Å². The molecule has 4 N–H and O–H groups in total. The first-order valence-electron chi connectivity index (χ1n) is 12.1. The second kappa shape index (κ2) is 6.48. The second-order valence-electron chi connectivity index (χ2n) is 11.0. The van der Waals surface area contributed by atoms with Gasteiger partial charge in [0.1, 0.15) is 5.66 Å². The zero-order valence-corrected chi connectivity index (χ0v) is 18.2. The van der Waals surface area contributed by atoms with Gasteiger partial charge in [-0.2, -0.15) is 4.99 Å². The first-order valence-corrected chi connectivity index (χ1v) is 12.1. The highest BCUT2D eigenvalue weighted by Gasteiger charge is 2.52. The Morgan fingerprint density at radius 2 is 1.57 bits per heavy atom. The number of hydrogen-bond donors (Lipinski definition) is 2. The van der Waals surface area contributed by atoms with Gasteiger partial charge in [0.25, 0.3) is 0 Å². The van der Waals surface area contributed by atoms with Crippen molar-refractivity contribution >= 4 is 17.6 Å². The summed E-state index contributed by atoms with van der Waals surface area (Å²) in [6.45, 7) is 2.20. The summed E-state index contributed by atoms with van der Waals surface area (Å²) in [7, 11) is 0. The maximum absolute atomic E-state index is 6.55. The van der Waals surface area contributed by atoms with Gasteiger partial charge < -0.3 is 11.5 Å². The molecule has 7 rings (SSSR count). The van der Waals surface area contributed by atoms with Gasteiger partial charge in [-0.1, -0.05) is 18.6 Å². The molecule has 0 radical (unpaired) electrons. The Labute approximate surface area is 180 Å². The Balaban J connectivity index is 1.44. The quantitative estimate of drug-likeness (QED) is 0.756. The molecule has 30 heavy (non-hydrogen) atoms. The molecule has 5 heteroatoms. The fraction of sp³-hybridized carbons (Fsp3) is 0.680. The van der Waals surface area contributed by atoms with Crippen LogP contribution in [0.1, 0.15) is 81.8 Å². The van der Waals surface area contributed by atoms with Crippen molar-refractivity contribution in [2.45, 2.75) is 88.6 Å². The van der Waals surface area contributed by atoms with Crippen LogP contribution in [-0.2, 0) is 5.41 Å². The molecule has 1 aliphatic heterocycles. The smallest absolute Gasteiger partial charge is 0.220 e. The molecule has 6 aliphatic rings. The molecule has 160 valence electrons. The average Bonchev–Trinajstić information content (AvgIpc) is 2.68. The molecule has 1 aromatic carbocycles. The predicted octanol–water partition coefficient (Wildman–Crippen LogP) is 4.57. The largest absolute Gasteiger partial charge is 0.369 e. The Hall–Kier alpha value is -2.04. The van der Waals surface area contributed by atoms with E-state index in [0.717, 1.165) is 43.4 Å². The van der Waals surface area contributed by atoms with E-state index in [-0.39, 0.29) is 5.66 Å². The summed E-state index contributed by atoms with van der Waals surface area (Å²) in [5.41, 5.74) is 16.6. The molecule has 0 atom stereocenters. The molecule has 0 saturated heterocycles.